The van der Waals surface area contributed by atoms with Gasteiger partial charge in [-0.2, -0.15) is 10.2 Å². The second-order valence-corrected chi connectivity index (χ2v) is 5.53. The van der Waals surface area contributed by atoms with Gasteiger partial charge in [-0.05, 0) is 35.9 Å². The minimum Gasteiger partial charge on any atom is -0.508 e. The molecule has 1 amide bonds. The van der Waals surface area contributed by atoms with Crippen LogP contribution in [0.1, 0.15) is 16.1 Å². The molecular weight excluding hydrogens is 348 g/mol. The summed E-state index contributed by atoms with van der Waals surface area (Å²) in [5.74, 6) is 0.912. The Hall–Kier alpha value is -3.81. The second kappa shape index (κ2) is 8.05. The van der Waals surface area contributed by atoms with Crippen molar-refractivity contribution in [3.05, 3.63) is 59.8 Å². The molecule has 0 aliphatic rings. The molecule has 1 aromatic heterocycles. The molecule has 0 saturated heterocycles. The molecule has 8 heteroatoms. The number of aromatic hydroxyl groups is 1. The summed E-state index contributed by atoms with van der Waals surface area (Å²) >= 11 is 0. The summed E-state index contributed by atoms with van der Waals surface area (Å²) in [5.41, 5.74) is 4.58. The molecule has 0 aliphatic heterocycles. The Morgan fingerprint density at radius 2 is 2.04 bits per heavy atom. The van der Waals surface area contributed by atoms with Crippen molar-refractivity contribution in [2.24, 2.45) is 5.10 Å². The molecular formula is C19H18N4O4. The van der Waals surface area contributed by atoms with Crippen LogP contribution >= 0.6 is 0 Å². The van der Waals surface area contributed by atoms with Crippen molar-refractivity contribution < 1.29 is 19.4 Å². The van der Waals surface area contributed by atoms with E-state index < -0.39 is 5.91 Å². The first-order chi connectivity index (χ1) is 13.1. The predicted molar refractivity (Wildman–Crippen MR) is 100 cm³/mol. The van der Waals surface area contributed by atoms with E-state index in [1.807, 2.05) is 0 Å². The van der Waals surface area contributed by atoms with E-state index in [1.54, 1.807) is 56.7 Å². The van der Waals surface area contributed by atoms with E-state index in [-0.39, 0.29) is 11.4 Å². The number of amides is 1. The van der Waals surface area contributed by atoms with Gasteiger partial charge in [0, 0.05) is 11.6 Å². The highest BCUT2D eigenvalue weighted by Gasteiger charge is 2.14. The maximum Gasteiger partial charge on any atom is 0.289 e. The van der Waals surface area contributed by atoms with Gasteiger partial charge in [-0.15, -0.1) is 0 Å². The minimum absolute atomic E-state index is 0.122. The number of H-pyrrole nitrogens is 1. The monoisotopic (exact) mass is 366 g/mol. The van der Waals surface area contributed by atoms with E-state index >= 15 is 0 Å². The number of carbonyl (C=O) groups is 1. The van der Waals surface area contributed by atoms with Crippen molar-refractivity contribution in [3.63, 3.8) is 0 Å². The maximum absolute atomic E-state index is 12.2. The SMILES string of the molecule is COc1ccc(-c2cc(C(=O)N/N=C\c3cccc(O)c3)[nH]n2)c(OC)c1. The van der Waals surface area contributed by atoms with E-state index in [0.29, 0.717) is 22.8 Å². The highest BCUT2D eigenvalue weighted by molar-refractivity contribution is 5.94. The highest BCUT2D eigenvalue weighted by atomic mass is 16.5. The zero-order chi connectivity index (χ0) is 19.2. The molecule has 0 bridgehead atoms. The molecule has 27 heavy (non-hydrogen) atoms. The van der Waals surface area contributed by atoms with Crippen LogP contribution in [0.3, 0.4) is 0 Å². The Bertz CT molecular complexity index is 981. The molecule has 2 aromatic carbocycles. The summed E-state index contributed by atoms with van der Waals surface area (Å²) in [7, 11) is 3.12. The molecule has 0 radical (unpaired) electrons. The molecule has 138 valence electrons. The summed E-state index contributed by atoms with van der Waals surface area (Å²) in [4.78, 5) is 12.2. The predicted octanol–water partition coefficient (Wildman–Crippen LogP) is 2.56. The number of aromatic amines is 1. The van der Waals surface area contributed by atoms with Crippen molar-refractivity contribution in [1.29, 1.82) is 0 Å². The Balaban J connectivity index is 1.73. The average molecular weight is 366 g/mol. The number of nitrogens with zero attached hydrogens (tertiary/aromatic N) is 2. The van der Waals surface area contributed by atoms with Gasteiger partial charge in [0.2, 0.25) is 0 Å². The van der Waals surface area contributed by atoms with Gasteiger partial charge in [0.25, 0.3) is 5.91 Å². The molecule has 0 aliphatic carbocycles. The maximum atomic E-state index is 12.2. The van der Waals surface area contributed by atoms with Gasteiger partial charge in [-0.25, -0.2) is 5.43 Å². The third-order valence-corrected chi connectivity index (χ3v) is 3.76. The number of methoxy groups -OCH3 is 2. The highest BCUT2D eigenvalue weighted by Crippen LogP contribution is 2.32. The number of aromatic nitrogens is 2. The third kappa shape index (κ3) is 4.24. The summed E-state index contributed by atoms with van der Waals surface area (Å²) in [6.45, 7) is 0. The van der Waals surface area contributed by atoms with Crippen LogP contribution in [-0.2, 0) is 0 Å². The summed E-state index contributed by atoms with van der Waals surface area (Å²) in [6, 6.07) is 13.4. The van der Waals surface area contributed by atoms with Crippen molar-refractivity contribution in [2.75, 3.05) is 14.2 Å². The fourth-order valence-corrected chi connectivity index (χ4v) is 2.42. The molecule has 0 spiro atoms. The van der Waals surface area contributed by atoms with Crippen LogP contribution in [0.4, 0.5) is 0 Å². The fourth-order valence-electron chi connectivity index (χ4n) is 2.42. The van der Waals surface area contributed by atoms with Crippen LogP contribution in [0.2, 0.25) is 0 Å². The number of hydrogen-bond acceptors (Lipinski definition) is 6. The van der Waals surface area contributed by atoms with Crippen LogP contribution in [-0.4, -0.2) is 41.6 Å². The zero-order valence-electron chi connectivity index (χ0n) is 14.8. The van der Waals surface area contributed by atoms with Gasteiger partial charge < -0.3 is 14.6 Å². The number of ether oxygens (including phenoxy) is 2. The number of nitrogens with one attached hydrogen (secondary N) is 2. The normalized spacial score (nSPS) is 10.7. The molecule has 8 nitrogen and oxygen atoms in total. The van der Waals surface area contributed by atoms with E-state index in [2.05, 4.69) is 20.7 Å². The van der Waals surface area contributed by atoms with Crippen LogP contribution in [0.25, 0.3) is 11.3 Å². The topological polar surface area (TPSA) is 109 Å². The van der Waals surface area contributed by atoms with Gasteiger partial charge >= 0.3 is 0 Å². The van der Waals surface area contributed by atoms with Crippen LogP contribution in [0, 0.1) is 0 Å². The molecule has 3 N–H and O–H groups in total. The zero-order valence-corrected chi connectivity index (χ0v) is 14.8. The molecule has 1 heterocycles. The quantitative estimate of drug-likeness (QED) is 0.459. The molecule has 3 aromatic rings. The summed E-state index contributed by atoms with van der Waals surface area (Å²) in [6.07, 6.45) is 1.43. The number of carbonyl (C=O) groups excluding carboxylic acids is 1. The Morgan fingerprint density at radius 3 is 2.78 bits per heavy atom. The van der Waals surface area contributed by atoms with Crippen molar-refractivity contribution >= 4 is 12.1 Å². The van der Waals surface area contributed by atoms with E-state index in [4.69, 9.17) is 9.47 Å². The first-order valence-electron chi connectivity index (χ1n) is 8.01. The lowest BCUT2D eigenvalue weighted by Gasteiger charge is -2.08. The number of phenols is 1. The van der Waals surface area contributed by atoms with Crippen molar-refractivity contribution in [3.8, 4) is 28.5 Å². The van der Waals surface area contributed by atoms with Gasteiger partial charge in [0.05, 0.1) is 26.1 Å². The minimum atomic E-state index is -0.447. The van der Waals surface area contributed by atoms with Gasteiger partial charge in [-0.3, -0.25) is 9.89 Å². The van der Waals surface area contributed by atoms with E-state index in [9.17, 15) is 9.90 Å². The third-order valence-electron chi connectivity index (χ3n) is 3.76. The standard InChI is InChI=1S/C19H18N4O4/c1-26-14-6-7-15(18(9-14)27-2)16-10-17(22-21-16)19(25)23-20-11-12-4-3-5-13(24)8-12/h3-11,24H,1-2H3,(H,21,22)(H,23,25)/b20-11-. The van der Waals surface area contributed by atoms with Crippen LogP contribution in [0.5, 0.6) is 17.2 Å². The smallest absolute Gasteiger partial charge is 0.289 e. The van der Waals surface area contributed by atoms with E-state index in [0.717, 1.165) is 5.56 Å². The van der Waals surface area contributed by atoms with Crippen LogP contribution < -0.4 is 14.9 Å². The Morgan fingerprint density at radius 1 is 1.19 bits per heavy atom. The lowest BCUT2D eigenvalue weighted by molar-refractivity contribution is 0.0950. The number of hydrogen-bond donors (Lipinski definition) is 3. The number of hydrazone groups is 1. The number of phenolic OH excluding ortho intramolecular Hbond substituents is 1. The van der Waals surface area contributed by atoms with Crippen LogP contribution in [0.15, 0.2) is 53.6 Å². The molecule has 0 fully saturated rings. The molecule has 0 unspecified atom stereocenters. The molecule has 3 rings (SSSR count). The fraction of sp³-hybridized carbons (Fsp3) is 0.105. The van der Waals surface area contributed by atoms with E-state index in [1.165, 1.54) is 12.3 Å². The summed E-state index contributed by atoms with van der Waals surface area (Å²) in [5, 5.41) is 20.1. The molecule has 0 saturated carbocycles. The lowest BCUT2D eigenvalue weighted by atomic mass is 10.1. The molecule has 0 atom stereocenters. The lowest BCUT2D eigenvalue weighted by Crippen LogP contribution is -2.17. The Kier molecular flexibility index (Phi) is 5.36. The summed E-state index contributed by atoms with van der Waals surface area (Å²) < 4.78 is 10.5. The largest absolute Gasteiger partial charge is 0.508 e. The first-order valence-corrected chi connectivity index (χ1v) is 8.01. The average Bonchev–Trinajstić information content (AvgIpc) is 3.17. The Labute approximate surface area is 155 Å². The van der Waals surface area contributed by atoms with Gasteiger partial charge in [-0.1, -0.05) is 12.1 Å². The van der Waals surface area contributed by atoms with Gasteiger partial charge in [0.1, 0.15) is 22.9 Å². The number of rotatable bonds is 6. The number of benzene rings is 2. The van der Waals surface area contributed by atoms with Crippen molar-refractivity contribution in [1.82, 2.24) is 15.6 Å². The second-order valence-electron chi connectivity index (χ2n) is 5.53. The first kappa shape index (κ1) is 18.0. The van der Waals surface area contributed by atoms with Gasteiger partial charge in [0.15, 0.2) is 0 Å². The van der Waals surface area contributed by atoms with Crippen molar-refractivity contribution in [2.45, 2.75) is 0 Å².